The number of rotatable bonds is 11. The van der Waals surface area contributed by atoms with E-state index in [-0.39, 0.29) is 21.7 Å². The summed E-state index contributed by atoms with van der Waals surface area (Å²) in [5.41, 5.74) is 43.8. The van der Waals surface area contributed by atoms with Gasteiger partial charge in [-0.3, -0.25) is 38.2 Å². The number of nitrogens with zero attached hydrogens (tertiary/aromatic N) is 12. The van der Waals surface area contributed by atoms with Crippen LogP contribution in [0.1, 0.15) is 99.9 Å². The van der Waals surface area contributed by atoms with Gasteiger partial charge >= 0.3 is 0 Å². The standard InChI is InChI=1S/3C33H25N3.C31H23N3/c1-33(2)26-14-9-16-28-31(26)36(32(35-28)29-15-6-7-19-34-29)30-18-17-25(21-27(30)33)24-13-8-12-23(20-24)22-10-4-3-5-11-22;1-33(2)26-15-10-17-28-31(26)36(32(35-28)29-16-8-9-20-34-29)30-19-18-23(21-27(30)33)25-14-7-6-13-24(25)22-11-4-3-5-12-22;1-33(2)26-11-8-13-28-31(26)36(32(35-28)29-12-6-7-20-34-29)30-19-18-25(21-27(30)33)24-16-14-23(15-17-24)22-9-4-3-5-10-22;1-31(2)24-10-7-12-26-29(24)34(30(33-26)27-11-5-6-17-32-27)28-16-15-23(19-25(28)31)22-14-13-20-8-3-4-9-21(20)18-22/h3*3-21H,1-2H3;3-19H,1-2H3. The largest absolute Gasteiger partial charge is 0.290 e. The highest BCUT2D eigenvalue weighted by molar-refractivity contribution is 5.97. The lowest BCUT2D eigenvalue weighted by Crippen LogP contribution is -2.26. The zero-order chi connectivity index (χ0) is 95.7. The van der Waals surface area contributed by atoms with Crippen LogP contribution in [0.3, 0.4) is 0 Å². The van der Waals surface area contributed by atoms with Crippen LogP contribution < -0.4 is 0 Å². The molecule has 0 amide bonds. The Morgan fingerprint density at radius 3 is 0.782 bits per heavy atom. The molecular formula is C130H98N12. The molecule has 0 atom stereocenters. The highest BCUT2D eigenvalue weighted by Crippen LogP contribution is 2.54. The maximum atomic E-state index is 5.05. The number of imidazole rings is 4. The van der Waals surface area contributed by atoms with Gasteiger partial charge in [-0.1, -0.05) is 347 Å². The predicted molar refractivity (Wildman–Crippen MR) is 581 cm³/mol. The molecule has 24 aromatic rings. The minimum absolute atomic E-state index is 0.154. The summed E-state index contributed by atoms with van der Waals surface area (Å²) in [7, 11) is 0. The van der Waals surface area contributed by atoms with Crippen LogP contribution in [0.4, 0.5) is 0 Å². The van der Waals surface area contributed by atoms with E-state index in [0.29, 0.717) is 0 Å². The van der Waals surface area contributed by atoms with Crippen molar-refractivity contribution in [3.8, 4) is 147 Å². The second-order valence-electron chi connectivity index (χ2n) is 39.4. The van der Waals surface area contributed by atoms with Crippen LogP contribution in [-0.4, -0.2) is 58.1 Å². The van der Waals surface area contributed by atoms with Gasteiger partial charge in [0.25, 0.3) is 0 Å². The summed E-state index contributed by atoms with van der Waals surface area (Å²) < 4.78 is 9.21. The summed E-state index contributed by atoms with van der Waals surface area (Å²) in [5, 5.41) is 2.52. The summed E-state index contributed by atoms with van der Waals surface area (Å²) in [6.45, 7) is 18.6. The van der Waals surface area contributed by atoms with E-state index in [1.54, 1.807) is 0 Å². The number of fused-ring (bicyclic) bond motifs is 9. The Balaban J connectivity index is 0.0000000995. The maximum absolute atomic E-state index is 5.05. The smallest absolute Gasteiger partial charge is 0.164 e. The van der Waals surface area contributed by atoms with E-state index in [1.165, 1.54) is 178 Å². The van der Waals surface area contributed by atoms with Gasteiger partial charge in [0.2, 0.25) is 0 Å². The molecule has 12 nitrogen and oxygen atoms in total. The molecule has 0 radical (unpaired) electrons. The van der Waals surface area contributed by atoms with Crippen LogP contribution in [0, 0.1) is 0 Å². The number of benzene rings is 16. The van der Waals surface area contributed by atoms with Crippen LogP contribution in [0.25, 0.3) is 202 Å². The molecule has 0 bridgehead atoms. The van der Waals surface area contributed by atoms with Gasteiger partial charge in [0.1, 0.15) is 22.8 Å². The van der Waals surface area contributed by atoms with E-state index in [9.17, 15) is 0 Å². The number of aromatic nitrogens is 12. The molecule has 4 aliphatic rings. The van der Waals surface area contributed by atoms with Gasteiger partial charge in [0.15, 0.2) is 23.3 Å². The third kappa shape index (κ3) is 14.4. The van der Waals surface area contributed by atoms with E-state index >= 15 is 0 Å². The maximum Gasteiger partial charge on any atom is 0.164 e. The second kappa shape index (κ2) is 34.2. The van der Waals surface area contributed by atoms with E-state index in [0.717, 1.165) is 68.1 Å². The fraction of sp³-hybridized carbons (Fsp3) is 0.0923. The van der Waals surface area contributed by atoms with Crippen molar-refractivity contribution in [2.75, 3.05) is 0 Å². The number of para-hydroxylation sites is 4. The van der Waals surface area contributed by atoms with Crippen molar-refractivity contribution in [2.45, 2.75) is 77.0 Å². The molecule has 28 rings (SSSR count). The van der Waals surface area contributed by atoms with Gasteiger partial charge in [0, 0.05) is 46.4 Å². The first-order valence-corrected chi connectivity index (χ1v) is 48.7. The Kier molecular flexibility index (Phi) is 20.7. The second-order valence-corrected chi connectivity index (χ2v) is 39.4. The summed E-state index contributed by atoms with van der Waals surface area (Å²) in [5.74, 6) is 3.54. The van der Waals surface area contributed by atoms with Gasteiger partial charge < -0.3 is 0 Å². The Hall–Kier alpha value is -17.7. The average Bonchev–Trinajstić information content (AvgIpc) is 1.54. The molecule has 12 heteroatoms. The molecule has 8 aromatic heterocycles. The van der Waals surface area contributed by atoms with Crippen LogP contribution in [0.2, 0.25) is 0 Å². The summed E-state index contributed by atoms with van der Waals surface area (Å²) >= 11 is 0. The van der Waals surface area contributed by atoms with Gasteiger partial charge in [-0.25, -0.2) is 19.9 Å². The van der Waals surface area contributed by atoms with Crippen molar-refractivity contribution in [3.63, 3.8) is 0 Å². The fourth-order valence-electron chi connectivity index (χ4n) is 22.3. The highest BCUT2D eigenvalue weighted by atomic mass is 15.1. The molecule has 12 heterocycles. The molecule has 142 heavy (non-hydrogen) atoms. The van der Waals surface area contributed by atoms with Crippen LogP contribution >= 0.6 is 0 Å². The van der Waals surface area contributed by atoms with Crippen molar-refractivity contribution in [1.29, 1.82) is 0 Å². The monoisotopic (exact) mass is 1830 g/mol. The molecule has 16 aromatic carbocycles. The van der Waals surface area contributed by atoms with Crippen molar-refractivity contribution in [1.82, 2.24) is 58.1 Å². The number of hydrogen-bond donors (Lipinski definition) is 0. The molecule has 0 aliphatic carbocycles. The van der Waals surface area contributed by atoms with Gasteiger partial charge in [-0.15, -0.1) is 0 Å². The first-order valence-electron chi connectivity index (χ1n) is 48.7. The molecule has 0 saturated heterocycles. The fourth-order valence-corrected chi connectivity index (χ4v) is 22.3. The summed E-state index contributed by atoms with van der Waals surface area (Å²) in [4.78, 5) is 38.7. The molecule has 0 fully saturated rings. The highest BCUT2D eigenvalue weighted by Gasteiger charge is 2.42. The van der Waals surface area contributed by atoms with Gasteiger partial charge in [0.05, 0.1) is 66.9 Å². The molecule has 0 N–H and O–H groups in total. The average molecular weight is 1830 g/mol. The Morgan fingerprint density at radius 1 is 0.169 bits per heavy atom. The van der Waals surface area contributed by atoms with Gasteiger partial charge in [-0.2, -0.15) is 0 Å². The zero-order valence-corrected chi connectivity index (χ0v) is 80.1. The van der Waals surface area contributed by atoms with Gasteiger partial charge in [-0.05, 0) is 267 Å². The minimum Gasteiger partial charge on any atom is -0.290 e. The molecule has 0 unspecified atom stereocenters. The summed E-state index contributed by atoms with van der Waals surface area (Å²) in [6, 6.07) is 151. The SMILES string of the molecule is CC1(C)c2cc(-c3ccc(-c4ccccc4)cc3)ccc2-n2c(-c3ccccn3)nc3cccc1c32.CC1(C)c2cc(-c3ccc4ccccc4c3)ccc2-n2c(-c3ccccn3)nc3cccc1c32.CC1(C)c2cc(-c3cccc(-c4ccccc4)c3)ccc2-n2c(-c3ccccn3)nc3cccc1c32.CC1(C)c2cc(-c3ccccc3-c3ccccc3)ccc2-n2c(-c3ccccn3)nc3cccc1c32. The Morgan fingerprint density at radius 2 is 0.415 bits per heavy atom. The van der Waals surface area contributed by atoms with Crippen molar-refractivity contribution < 1.29 is 0 Å². The number of pyridine rings is 4. The number of hydrogen-bond acceptors (Lipinski definition) is 8. The van der Waals surface area contributed by atoms with E-state index in [1.807, 2.05) is 97.6 Å². The minimum atomic E-state index is -0.177. The third-order valence-electron chi connectivity index (χ3n) is 29.7. The van der Waals surface area contributed by atoms with Crippen molar-refractivity contribution >= 4 is 54.9 Å². The van der Waals surface area contributed by atoms with Crippen LogP contribution in [-0.2, 0) is 21.7 Å². The molecule has 678 valence electrons. The zero-order valence-electron chi connectivity index (χ0n) is 80.1. The van der Waals surface area contributed by atoms with Crippen molar-refractivity contribution in [3.05, 3.63) is 494 Å². The van der Waals surface area contributed by atoms with E-state index < -0.39 is 0 Å². The predicted octanol–water partition coefficient (Wildman–Crippen LogP) is 31.7. The quantitative estimate of drug-likeness (QED) is 0.125. The van der Waals surface area contributed by atoms with Crippen molar-refractivity contribution in [2.24, 2.45) is 0 Å². The van der Waals surface area contributed by atoms with E-state index in [4.69, 9.17) is 19.9 Å². The van der Waals surface area contributed by atoms with Crippen LogP contribution in [0.5, 0.6) is 0 Å². The molecule has 0 saturated carbocycles. The lowest BCUT2D eigenvalue weighted by molar-refractivity contribution is 0.629. The first kappa shape index (κ1) is 85.9. The third-order valence-corrected chi connectivity index (χ3v) is 29.7. The Bertz CT molecular complexity index is 9050. The normalized spacial score (nSPS) is 13.6. The first-order chi connectivity index (χ1) is 69.5. The lowest BCUT2D eigenvalue weighted by Gasteiger charge is -2.35. The Labute approximate surface area is 825 Å². The molecule has 0 spiro atoms. The van der Waals surface area contributed by atoms with E-state index in [2.05, 4.69) is 445 Å². The topological polar surface area (TPSA) is 123 Å². The molecule has 4 aliphatic heterocycles. The van der Waals surface area contributed by atoms with Crippen LogP contribution in [0.15, 0.2) is 449 Å². The summed E-state index contributed by atoms with van der Waals surface area (Å²) in [6.07, 6.45) is 7.33. The molecular weight excluding hydrogens is 1730 g/mol. The lowest BCUT2D eigenvalue weighted by atomic mass is 9.74.